The molecular formula is C20H22F2O2. The molecule has 1 aliphatic rings. The molecular weight excluding hydrogens is 310 g/mol. The first-order valence-electron chi connectivity index (χ1n) is 8.30. The second kappa shape index (κ2) is 7.41. The van der Waals surface area contributed by atoms with Crippen molar-refractivity contribution in [2.75, 3.05) is 6.61 Å². The van der Waals surface area contributed by atoms with E-state index in [9.17, 15) is 13.9 Å². The first kappa shape index (κ1) is 17.1. The van der Waals surface area contributed by atoms with Crippen LogP contribution in [-0.2, 0) is 17.8 Å². The number of aliphatic hydroxyl groups is 1. The summed E-state index contributed by atoms with van der Waals surface area (Å²) >= 11 is 0. The molecule has 3 rings (SSSR count). The molecule has 4 heteroatoms. The van der Waals surface area contributed by atoms with Crippen molar-refractivity contribution in [2.24, 2.45) is 11.8 Å². The summed E-state index contributed by atoms with van der Waals surface area (Å²) in [5.41, 5.74) is 2.01. The third-order valence-electron chi connectivity index (χ3n) is 4.66. The van der Waals surface area contributed by atoms with Gasteiger partial charge in [0.25, 0.3) is 5.92 Å². The van der Waals surface area contributed by atoms with Crippen LogP contribution in [0.1, 0.15) is 17.5 Å². The molecule has 0 amide bonds. The van der Waals surface area contributed by atoms with E-state index in [2.05, 4.69) is 0 Å². The highest BCUT2D eigenvalue weighted by molar-refractivity contribution is 5.16. The van der Waals surface area contributed by atoms with Crippen LogP contribution in [0.25, 0.3) is 0 Å². The lowest BCUT2D eigenvalue weighted by Crippen LogP contribution is -2.15. The van der Waals surface area contributed by atoms with Crippen molar-refractivity contribution in [3.63, 3.8) is 0 Å². The van der Waals surface area contributed by atoms with Crippen LogP contribution in [0.5, 0.6) is 0 Å². The summed E-state index contributed by atoms with van der Waals surface area (Å²) in [6.45, 7) is 0.301. The topological polar surface area (TPSA) is 29.5 Å². The Hall–Kier alpha value is -1.78. The molecule has 128 valence electrons. The minimum absolute atomic E-state index is 0.0189. The monoisotopic (exact) mass is 332 g/mol. The van der Waals surface area contributed by atoms with E-state index in [1.54, 1.807) is 0 Å². The van der Waals surface area contributed by atoms with Gasteiger partial charge in [0.1, 0.15) is 0 Å². The zero-order chi connectivity index (χ0) is 17.0. The Bertz CT molecular complexity index is 631. The molecule has 24 heavy (non-hydrogen) atoms. The van der Waals surface area contributed by atoms with Gasteiger partial charge in [0, 0.05) is 0 Å². The number of ether oxygens (including phenoxy) is 1. The first-order valence-corrected chi connectivity index (χ1v) is 8.30. The molecule has 0 aliphatic heterocycles. The van der Waals surface area contributed by atoms with Gasteiger partial charge in [0.2, 0.25) is 0 Å². The molecule has 1 fully saturated rings. The van der Waals surface area contributed by atoms with Crippen molar-refractivity contribution in [2.45, 2.75) is 31.5 Å². The van der Waals surface area contributed by atoms with E-state index in [0.717, 1.165) is 11.1 Å². The van der Waals surface area contributed by atoms with E-state index in [-0.39, 0.29) is 6.61 Å². The maximum Gasteiger partial charge on any atom is 0.259 e. The summed E-state index contributed by atoms with van der Waals surface area (Å²) in [4.78, 5) is 0. The van der Waals surface area contributed by atoms with Gasteiger partial charge in [0.15, 0.2) is 0 Å². The Morgan fingerprint density at radius 2 is 1.54 bits per heavy atom. The molecule has 2 aromatic rings. The number of benzene rings is 2. The Balaban J connectivity index is 1.45. The number of aliphatic hydroxyl groups excluding tert-OH is 1. The van der Waals surface area contributed by atoms with E-state index in [4.69, 9.17) is 4.74 Å². The van der Waals surface area contributed by atoms with Crippen LogP contribution in [0, 0.1) is 11.8 Å². The molecule has 2 aromatic carbocycles. The summed E-state index contributed by atoms with van der Waals surface area (Å²) in [7, 11) is 0. The van der Waals surface area contributed by atoms with Crippen molar-refractivity contribution < 1.29 is 18.6 Å². The van der Waals surface area contributed by atoms with Crippen LogP contribution in [-0.4, -0.2) is 23.7 Å². The highest BCUT2D eigenvalue weighted by Crippen LogP contribution is 2.57. The fourth-order valence-electron chi connectivity index (χ4n) is 3.17. The molecule has 2 nitrogen and oxygen atoms in total. The quantitative estimate of drug-likeness (QED) is 0.789. The number of hydrogen-bond acceptors (Lipinski definition) is 2. The molecule has 0 aromatic heterocycles. The maximum absolute atomic E-state index is 13.9. The van der Waals surface area contributed by atoms with E-state index in [1.807, 2.05) is 60.7 Å². The van der Waals surface area contributed by atoms with Gasteiger partial charge in [-0.2, -0.15) is 0 Å². The summed E-state index contributed by atoms with van der Waals surface area (Å²) in [5, 5.41) is 10.1. The SMILES string of the molecule is OC(CCc1ccccc1)[C@H]1[C@@H](COCc2ccccc2)C1(F)F. The molecule has 0 bridgehead atoms. The molecule has 1 aliphatic carbocycles. The molecule has 0 spiro atoms. The summed E-state index contributed by atoms with van der Waals surface area (Å²) in [6, 6.07) is 19.1. The predicted octanol–water partition coefficient (Wildman–Crippen LogP) is 4.08. The van der Waals surface area contributed by atoms with Crippen molar-refractivity contribution in [1.29, 1.82) is 0 Å². The van der Waals surface area contributed by atoms with Gasteiger partial charge in [-0.25, -0.2) is 8.78 Å². The second-order valence-electron chi connectivity index (χ2n) is 6.40. The number of halogens is 2. The highest BCUT2D eigenvalue weighted by Gasteiger charge is 2.70. The summed E-state index contributed by atoms with van der Waals surface area (Å²) in [5.74, 6) is -4.70. The van der Waals surface area contributed by atoms with Crippen molar-refractivity contribution >= 4 is 0 Å². The van der Waals surface area contributed by atoms with Gasteiger partial charge in [-0.3, -0.25) is 0 Å². The fraction of sp³-hybridized carbons (Fsp3) is 0.400. The van der Waals surface area contributed by atoms with Gasteiger partial charge in [-0.05, 0) is 24.0 Å². The number of aryl methyl sites for hydroxylation is 1. The van der Waals surface area contributed by atoms with Crippen molar-refractivity contribution in [1.82, 2.24) is 0 Å². The van der Waals surface area contributed by atoms with Crippen LogP contribution in [0.2, 0.25) is 0 Å². The lowest BCUT2D eigenvalue weighted by atomic mass is 10.0. The minimum Gasteiger partial charge on any atom is -0.393 e. The largest absolute Gasteiger partial charge is 0.393 e. The average Bonchev–Trinajstić information content (AvgIpc) is 3.15. The Labute approximate surface area is 141 Å². The number of alkyl halides is 2. The van der Waals surface area contributed by atoms with E-state index in [1.165, 1.54) is 0 Å². The van der Waals surface area contributed by atoms with E-state index < -0.39 is 23.9 Å². The predicted molar refractivity (Wildman–Crippen MR) is 88.8 cm³/mol. The van der Waals surface area contributed by atoms with Gasteiger partial charge >= 0.3 is 0 Å². The number of hydrogen-bond donors (Lipinski definition) is 1. The molecule has 0 heterocycles. The Kier molecular flexibility index (Phi) is 5.27. The van der Waals surface area contributed by atoms with Gasteiger partial charge < -0.3 is 9.84 Å². The first-order chi connectivity index (χ1) is 11.6. The zero-order valence-electron chi connectivity index (χ0n) is 13.4. The van der Waals surface area contributed by atoms with Gasteiger partial charge in [-0.15, -0.1) is 0 Å². The van der Waals surface area contributed by atoms with Crippen LogP contribution in [0.15, 0.2) is 60.7 Å². The molecule has 1 N–H and O–H groups in total. The maximum atomic E-state index is 13.9. The normalized spacial score (nSPS) is 23.0. The zero-order valence-corrected chi connectivity index (χ0v) is 13.4. The molecule has 0 radical (unpaired) electrons. The summed E-state index contributed by atoms with van der Waals surface area (Å²) in [6.07, 6.45) is -0.0448. The average molecular weight is 332 g/mol. The van der Waals surface area contributed by atoms with Crippen LogP contribution in [0.3, 0.4) is 0 Å². The number of rotatable bonds is 8. The van der Waals surface area contributed by atoms with E-state index in [0.29, 0.717) is 19.4 Å². The Morgan fingerprint density at radius 3 is 2.17 bits per heavy atom. The smallest absolute Gasteiger partial charge is 0.259 e. The second-order valence-corrected chi connectivity index (χ2v) is 6.40. The fourth-order valence-corrected chi connectivity index (χ4v) is 3.17. The van der Waals surface area contributed by atoms with Gasteiger partial charge in [0.05, 0.1) is 31.2 Å². The van der Waals surface area contributed by atoms with E-state index >= 15 is 0 Å². The van der Waals surface area contributed by atoms with Gasteiger partial charge in [-0.1, -0.05) is 60.7 Å². The van der Waals surface area contributed by atoms with Crippen LogP contribution < -0.4 is 0 Å². The third kappa shape index (κ3) is 4.00. The lowest BCUT2D eigenvalue weighted by molar-refractivity contribution is 0.0325. The van der Waals surface area contributed by atoms with Crippen LogP contribution in [0.4, 0.5) is 8.78 Å². The third-order valence-corrected chi connectivity index (χ3v) is 4.66. The highest BCUT2D eigenvalue weighted by atomic mass is 19.3. The molecule has 1 unspecified atom stereocenters. The lowest BCUT2D eigenvalue weighted by Gasteiger charge is -2.10. The standard InChI is InChI=1S/C20H22F2O2/c21-20(22)17(14-24-13-16-9-5-2-6-10-16)19(20)18(23)12-11-15-7-3-1-4-8-15/h1-10,17-19,23H,11-14H2/t17-,18?,19-/m1/s1. The Morgan fingerprint density at radius 1 is 0.958 bits per heavy atom. The summed E-state index contributed by atoms with van der Waals surface area (Å²) < 4.78 is 33.3. The molecule has 1 saturated carbocycles. The van der Waals surface area contributed by atoms with Crippen molar-refractivity contribution in [3.8, 4) is 0 Å². The van der Waals surface area contributed by atoms with Crippen LogP contribution >= 0.6 is 0 Å². The molecule has 3 atom stereocenters. The van der Waals surface area contributed by atoms with Crippen molar-refractivity contribution in [3.05, 3.63) is 71.8 Å². The molecule has 0 saturated heterocycles. The minimum atomic E-state index is -2.83.